The van der Waals surface area contributed by atoms with Gasteiger partial charge in [0, 0.05) is 22.6 Å². The number of amides is 3. The molecule has 3 amide bonds. The van der Waals surface area contributed by atoms with Gasteiger partial charge in [-0.3, -0.25) is 14.4 Å². The van der Waals surface area contributed by atoms with E-state index in [1.807, 2.05) is 24.3 Å². The fourth-order valence-electron chi connectivity index (χ4n) is 5.09. The van der Waals surface area contributed by atoms with E-state index in [0.717, 1.165) is 49.1 Å². The highest BCUT2D eigenvalue weighted by Crippen LogP contribution is 2.23. The van der Waals surface area contributed by atoms with Crippen LogP contribution in [0.1, 0.15) is 36.8 Å². The zero-order valence-electron chi connectivity index (χ0n) is 23.8. The van der Waals surface area contributed by atoms with Crippen molar-refractivity contribution in [3.05, 3.63) is 63.6 Å². The van der Waals surface area contributed by atoms with Crippen LogP contribution in [0.15, 0.2) is 42.5 Å². The molecule has 2 aromatic rings. The molecule has 1 saturated heterocycles. The maximum absolute atomic E-state index is 13.7. The van der Waals surface area contributed by atoms with Crippen molar-refractivity contribution in [3.8, 4) is 5.75 Å². The number of benzene rings is 2. The summed E-state index contributed by atoms with van der Waals surface area (Å²) in [7, 11) is 3.71. The smallest absolute Gasteiger partial charge is 0.245 e. The molecule has 0 bridgehead atoms. The molecule has 0 spiro atoms. The number of methoxy groups -OCH3 is 1. The third-order valence-corrected chi connectivity index (χ3v) is 8.04. The number of carbonyl (C=O) groups is 3. The SMILES string of the molecule is COc1ccc(CCNCC(=O)N[C@@H](CC[C@@H]2CCCN2C)C(=O)N(CCc2ccc(Cl)cc2Cl)CC(N)=O)cc1. The van der Waals surface area contributed by atoms with Crippen molar-refractivity contribution in [1.82, 2.24) is 20.4 Å². The number of halogens is 2. The largest absolute Gasteiger partial charge is 0.497 e. The molecule has 11 heteroatoms. The maximum atomic E-state index is 13.7. The van der Waals surface area contributed by atoms with Gasteiger partial charge in [-0.1, -0.05) is 41.4 Å². The van der Waals surface area contributed by atoms with Crippen LogP contribution in [-0.2, 0) is 27.2 Å². The summed E-state index contributed by atoms with van der Waals surface area (Å²) in [6.45, 7) is 1.66. The number of ether oxygens (including phenoxy) is 1. The van der Waals surface area contributed by atoms with Crippen LogP contribution >= 0.6 is 23.2 Å². The predicted molar refractivity (Wildman–Crippen MR) is 162 cm³/mol. The van der Waals surface area contributed by atoms with Crippen molar-refractivity contribution in [3.63, 3.8) is 0 Å². The molecule has 2 aromatic carbocycles. The molecule has 1 aliphatic rings. The number of nitrogens with two attached hydrogens (primary N) is 1. The lowest BCUT2D eigenvalue weighted by atomic mass is 10.0. The third-order valence-electron chi connectivity index (χ3n) is 7.45. The van der Waals surface area contributed by atoms with E-state index in [1.165, 1.54) is 4.90 Å². The van der Waals surface area contributed by atoms with Crippen molar-refractivity contribution < 1.29 is 19.1 Å². The molecule has 41 heavy (non-hydrogen) atoms. The Balaban J connectivity index is 1.62. The Morgan fingerprint density at radius 2 is 1.90 bits per heavy atom. The maximum Gasteiger partial charge on any atom is 0.245 e. The highest BCUT2D eigenvalue weighted by Gasteiger charge is 2.29. The number of hydrogen-bond acceptors (Lipinski definition) is 6. The van der Waals surface area contributed by atoms with E-state index in [2.05, 4.69) is 22.6 Å². The summed E-state index contributed by atoms with van der Waals surface area (Å²) in [5.41, 5.74) is 7.42. The Labute approximate surface area is 252 Å². The van der Waals surface area contributed by atoms with Gasteiger partial charge in [-0.2, -0.15) is 0 Å². The Bertz CT molecular complexity index is 1160. The lowest BCUT2D eigenvalue weighted by Gasteiger charge is -2.29. The fraction of sp³-hybridized carbons (Fsp3) is 0.500. The van der Waals surface area contributed by atoms with Gasteiger partial charge in [0.05, 0.1) is 20.2 Å². The highest BCUT2D eigenvalue weighted by atomic mass is 35.5. The number of rotatable bonds is 16. The molecule has 1 fully saturated rings. The van der Waals surface area contributed by atoms with Gasteiger partial charge in [-0.05, 0) is 94.1 Å². The van der Waals surface area contributed by atoms with Crippen molar-refractivity contribution in [2.75, 3.05) is 46.9 Å². The van der Waals surface area contributed by atoms with Crippen molar-refractivity contribution >= 4 is 40.9 Å². The van der Waals surface area contributed by atoms with Crippen molar-refractivity contribution in [1.29, 1.82) is 0 Å². The minimum absolute atomic E-state index is 0.0689. The van der Waals surface area contributed by atoms with Gasteiger partial charge in [0.25, 0.3) is 0 Å². The van der Waals surface area contributed by atoms with E-state index in [9.17, 15) is 14.4 Å². The van der Waals surface area contributed by atoms with Crippen LogP contribution < -0.4 is 21.1 Å². The third kappa shape index (κ3) is 10.8. The zero-order valence-corrected chi connectivity index (χ0v) is 25.3. The van der Waals surface area contributed by atoms with Gasteiger partial charge in [-0.15, -0.1) is 0 Å². The molecule has 224 valence electrons. The van der Waals surface area contributed by atoms with Crippen LogP contribution in [0.25, 0.3) is 0 Å². The van der Waals surface area contributed by atoms with E-state index in [4.69, 9.17) is 33.7 Å². The van der Waals surface area contributed by atoms with E-state index in [0.29, 0.717) is 35.5 Å². The first-order chi connectivity index (χ1) is 19.7. The second-order valence-corrected chi connectivity index (χ2v) is 11.3. The molecular weight excluding hydrogens is 565 g/mol. The molecule has 0 aliphatic carbocycles. The Morgan fingerprint density at radius 1 is 1.15 bits per heavy atom. The number of hydrogen-bond donors (Lipinski definition) is 3. The second-order valence-electron chi connectivity index (χ2n) is 10.5. The molecule has 0 radical (unpaired) electrons. The van der Waals surface area contributed by atoms with Gasteiger partial charge in [0.2, 0.25) is 17.7 Å². The van der Waals surface area contributed by atoms with Crippen LogP contribution in [-0.4, -0.2) is 86.5 Å². The second kappa shape index (κ2) is 16.6. The van der Waals surface area contributed by atoms with E-state index in [1.54, 1.807) is 25.3 Å². The zero-order chi connectivity index (χ0) is 29.8. The molecular formula is C30H41Cl2N5O4. The summed E-state index contributed by atoms with van der Waals surface area (Å²) in [6.07, 6.45) is 4.54. The highest BCUT2D eigenvalue weighted by molar-refractivity contribution is 6.35. The number of likely N-dealkylation sites (tertiary alicyclic amines) is 1. The Morgan fingerprint density at radius 3 is 2.54 bits per heavy atom. The lowest BCUT2D eigenvalue weighted by molar-refractivity contribution is -0.139. The normalized spacial score (nSPS) is 15.9. The van der Waals surface area contributed by atoms with Crippen LogP contribution in [0.5, 0.6) is 5.75 Å². The van der Waals surface area contributed by atoms with Gasteiger partial charge in [0.15, 0.2) is 0 Å². The number of carbonyl (C=O) groups excluding carboxylic acids is 3. The number of primary amides is 1. The van der Waals surface area contributed by atoms with Crippen molar-refractivity contribution in [2.24, 2.45) is 5.73 Å². The summed E-state index contributed by atoms with van der Waals surface area (Å²) in [6, 6.07) is 12.5. The van der Waals surface area contributed by atoms with E-state index in [-0.39, 0.29) is 31.4 Å². The Hall–Kier alpha value is -2.85. The molecule has 0 saturated carbocycles. The van der Waals surface area contributed by atoms with Crippen LogP contribution in [0.4, 0.5) is 0 Å². The van der Waals surface area contributed by atoms with Gasteiger partial charge < -0.3 is 30.9 Å². The minimum atomic E-state index is -0.778. The first-order valence-corrected chi connectivity index (χ1v) is 14.8. The summed E-state index contributed by atoms with van der Waals surface area (Å²) in [4.78, 5) is 42.2. The molecule has 3 rings (SSSR count). The van der Waals surface area contributed by atoms with Gasteiger partial charge in [0.1, 0.15) is 11.8 Å². The van der Waals surface area contributed by atoms with E-state index < -0.39 is 11.9 Å². The molecule has 1 heterocycles. The lowest BCUT2D eigenvalue weighted by Crippen LogP contribution is -2.52. The summed E-state index contributed by atoms with van der Waals surface area (Å²) < 4.78 is 5.19. The Kier molecular flexibility index (Phi) is 13.2. The first kappa shape index (κ1) is 32.7. The molecule has 9 nitrogen and oxygen atoms in total. The molecule has 2 atom stereocenters. The molecule has 0 unspecified atom stereocenters. The van der Waals surface area contributed by atoms with Crippen LogP contribution in [0.3, 0.4) is 0 Å². The van der Waals surface area contributed by atoms with Crippen LogP contribution in [0, 0.1) is 0 Å². The number of nitrogens with one attached hydrogen (secondary N) is 2. The fourth-order valence-corrected chi connectivity index (χ4v) is 5.59. The first-order valence-electron chi connectivity index (χ1n) is 14.0. The standard InChI is InChI=1S/C30H41Cl2N5O4/c1-36-16-3-4-24(36)9-12-27(35-29(39)19-34-15-13-21-5-10-25(41-2)11-6-21)30(40)37(20-28(33)38)17-14-22-7-8-23(31)18-26(22)32/h5-8,10-11,18,24,27,34H,3-4,9,12-17,19-20H2,1-2H3,(H2,33,38)(H,35,39)/t24-,27-/m0/s1. The quantitative estimate of drug-likeness (QED) is 0.253. The van der Waals surface area contributed by atoms with Gasteiger partial charge in [-0.25, -0.2) is 0 Å². The molecule has 0 aromatic heterocycles. The average Bonchev–Trinajstić information content (AvgIpc) is 3.36. The van der Waals surface area contributed by atoms with E-state index >= 15 is 0 Å². The average molecular weight is 607 g/mol. The minimum Gasteiger partial charge on any atom is -0.497 e. The summed E-state index contributed by atoms with van der Waals surface area (Å²) >= 11 is 12.3. The molecule has 4 N–H and O–H groups in total. The van der Waals surface area contributed by atoms with Gasteiger partial charge >= 0.3 is 0 Å². The predicted octanol–water partition coefficient (Wildman–Crippen LogP) is 3.05. The van der Waals surface area contributed by atoms with Crippen LogP contribution in [0.2, 0.25) is 10.0 Å². The molecule has 1 aliphatic heterocycles. The van der Waals surface area contributed by atoms with Crippen molar-refractivity contribution in [2.45, 2.75) is 50.6 Å². The summed E-state index contributed by atoms with van der Waals surface area (Å²) in [5.74, 6) is -0.442. The monoisotopic (exact) mass is 605 g/mol. The topological polar surface area (TPSA) is 117 Å². The summed E-state index contributed by atoms with van der Waals surface area (Å²) in [5, 5.41) is 7.07. The number of nitrogens with zero attached hydrogens (tertiary/aromatic N) is 2.